The van der Waals surface area contributed by atoms with Crippen LogP contribution in [0, 0.1) is 0 Å². The lowest BCUT2D eigenvalue weighted by Gasteiger charge is -2.32. The monoisotopic (exact) mass is 431 g/mol. The second-order valence-electron chi connectivity index (χ2n) is 7.68. The SMILES string of the molecule is CCCNC(=O)c1ccc(N(C)C[C@@H](c2ccccc2)N2CC[C@H](OCOC)C2)s1. The minimum atomic E-state index is 0.0128. The number of benzene rings is 1. The van der Waals surface area contributed by atoms with Crippen LogP contribution in [-0.4, -0.2) is 64.0 Å². The van der Waals surface area contributed by atoms with Crippen LogP contribution in [0.25, 0.3) is 0 Å². The van der Waals surface area contributed by atoms with Crippen molar-refractivity contribution in [1.29, 1.82) is 0 Å². The number of nitrogens with one attached hydrogen (secondary N) is 1. The van der Waals surface area contributed by atoms with Crippen molar-refractivity contribution in [3.05, 3.63) is 52.9 Å². The number of ether oxygens (including phenoxy) is 2. The average molecular weight is 432 g/mol. The van der Waals surface area contributed by atoms with E-state index in [1.165, 1.54) is 5.56 Å². The number of hydrogen-bond acceptors (Lipinski definition) is 6. The fourth-order valence-corrected chi connectivity index (χ4v) is 4.67. The lowest BCUT2D eigenvalue weighted by molar-refractivity contribution is -0.0679. The van der Waals surface area contributed by atoms with Crippen LogP contribution in [0.3, 0.4) is 0 Å². The summed E-state index contributed by atoms with van der Waals surface area (Å²) in [5.74, 6) is 0.0128. The normalized spacial score (nSPS) is 17.8. The maximum absolute atomic E-state index is 12.3. The molecule has 3 rings (SSSR count). The Morgan fingerprint density at radius 3 is 2.83 bits per heavy atom. The van der Waals surface area contributed by atoms with Crippen LogP contribution in [0.15, 0.2) is 42.5 Å². The zero-order valence-electron chi connectivity index (χ0n) is 18.2. The minimum Gasteiger partial charge on any atom is -0.365 e. The van der Waals surface area contributed by atoms with Gasteiger partial charge in [-0.3, -0.25) is 9.69 Å². The molecule has 1 aliphatic rings. The molecule has 1 saturated heterocycles. The van der Waals surface area contributed by atoms with Crippen LogP contribution < -0.4 is 10.2 Å². The first-order valence-electron chi connectivity index (χ1n) is 10.6. The highest BCUT2D eigenvalue weighted by Gasteiger charge is 2.30. The second-order valence-corrected chi connectivity index (χ2v) is 8.74. The summed E-state index contributed by atoms with van der Waals surface area (Å²) in [6, 6.07) is 14.9. The topological polar surface area (TPSA) is 54.0 Å². The third kappa shape index (κ3) is 6.04. The van der Waals surface area contributed by atoms with Crippen molar-refractivity contribution in [3.8, 4) is 0 Å². The summed E-state index contributed by atoms with van der Waals surface area (Å²) < 4.78 is 10.9. The number of anilines is 1. The lowest BCUT2D eigenvalue weighted by Crippen LogP contribution is -2.36. The summed E-state index contributed by atoms with van der Waals surface area (Å²) in [4.78, 5) is 17.8. The Morgan fingerprint density at radius 2 is 2.10 bits per heavy atom. The lowest BCUT2D eigenvalue weighted by atomic mass is 10.1. The van der Waals surface area contributed by atoms with E-state index in [-0.39, 0.29) is 18.1 Å². The molecule has 164 valence electrons. The summed E-state index contributed by atoms with van der Waals surface area (Å²) in [5.41, 5.74) is 1.30. The first kappa shape index (κ1) is 22.7. The largest absolute Gasteiger partial charge is 0.365 e. The highest BCUT2D eigenvalue weighted by molar-refractivity contribution is 7.17. The van der Waals surface area contributed by atoms with Gasteiger partial charge in [0.25, 0.3) is 5.91 Å². The van der Waals surface area contributed by atoms with Gasteiger partial charge in [0, 0.05) is 40.3 Å². The van der Waals surface area contributed by atoms with Gasteiger partial charge in [0.15, 0.2) is 0 Å². The molecule has 6 nitrogen and oxygen atoms in total. The van der Waals surface area contributed by atoms with E-state index >= 15 is 0 Å². The Morgan fingerprint density at radius 1 is 1.30 bits per heavy atom. The number of amides is 1. The van der Waals surface area contributed by atoms with E-state index in [2.05, 4.69) is 59.4 Å². The standard InChI is InChI=1S/C23H33N3O3S/c1-4-13-24-23(27)21-10-11-22(30-21)25(2)16-20(18-8-6-5-7-9-18)26-14-12-19(15-26)29-17-28-3/h5-11,19-20H,4,12-17H2,1-3H3,(H,24,27)/t19-,20-/m0/s1. The van der Waals surface area contributed by atoms with Crippen LogP contribution in [0.4, 0.5) is 5.00 Å². The van der Waals surface area contributed by atoms with Gasteiger partial charge in [0.2, 0.25) is 0 Å². The maximum Gasteiger partial charge on any atom is 0.261 e. The van der Waals surface area contributed by atoms with E-state index in [9.17, 15) is 4.79 Å². The first-order chi connectivity index (χ1) is 14.6. The molecular weight excluding hydrogens is 398 g/mol. The molecule has 1 fully saturated rings. The van der Waals surface area contributed by atoms with E-state index in [1.54, 1.807) is 18.4 Å². The van der Waals surface area contributed by atoms with Crippen molar-refractivity contribution in [2.24, 2.45) is 0 Å². The third-order valence-corrected chi connectivity index (χ3v) is 6.60. The second kappa shape index (κ2) is 11.5. The fraction of sp³-hybridized carbons (Fsp3) is 0.522. The predicted molar refractivity (Wildman–Crippen MR) is 122 cm³/mol. The molecule has 0 unspecified atom stereocenters. The Labute approximate surface area is 183 Å². The van der Waals surface area contributed by atoms with Gasteiger partial charge in [-0.05, 0) is 30.5 Å². The molecule has 30 heavy (non-hydrogen) atoms. The zero-order valence-corrected chi connectivity index (χ0v) is 19.0. The van der Waals surface area contributed by atoms with Gasteiger partial charge in [0.1, 0.15) is 6.79 Å². The summed E-state index contributed by atoms with van der Waals surface area (Å²) in [7, 11) is 3.76. The van der Waals surface area contributed by atoms with E-state index in [0.29, 0.717) is 13.3 Å². The molecule has 1 aromatic carbocycles. The molecule has 1 amide bonds. The number of nitrogens with zero attached hydrogens (tertiary/aromatic N) is 2. The Balaban J connectivity index is 1.69. The number of carbonyl (C=O) groups excluding carboxylic acids is 1. The van der Waals surface area contributed by atoms with Crippen molar-refractivity contribution in [2.75, 3.05) is 52.0 Å². The van der Waals surface area contributed by atoms with Gasteiger partial charge in [-0.25, -0.2) is 0 Å². The van der Waals surface area contributed by atoms with Crippen molar-refractivity contribution in [1.82, 2.24) is 10.2 Å². The molecular formula is C23H33N3O3S. The van der Waals surface area contributed by atoms with Crippen LogP contribution in [-0.2, 0) is 9.47 Å². The summed E-state index contributed by atoms with van der Waals surface area (Å²) in [6.07, 6.45) is 2.15. The molecule has 0 radical (unpaired) electrons. The van der Waals surface area contributed by atoms with Gasteiger partial charge in [-0.2, -0.15) is 0 Å². The number of likely N-dealkylation sites (N-methyl/N-ethyl adjacent to an activating group) is 1. The number of thiophene rings is 1. The molecule has 2 aromatic rings. The zero-order chi connectivity index (χ0) is 21.3. The van der Waals surface area contributed by atoms with E-state index in [0.717, 1.165) is 42.4 Å². The maximum atomic E-state index is 12.3. The molecule has 0 saturated carbocycles. The van der Waals surface area contributed by atoms with Crippen LogP contribution >= 0.6 is 11.3 Å². The molecule has 0 spiro atoms. The molecule has 0 bridgehead atoms. The van der Waals surface area contributed by atoms with Crippen molar-refractivity contribution >= 4 is 22.2 Å². The van der Waals surface area contributed by atoms with Crippen LogP contribution in [0.1, 0.15) is 41.0 Å². The summed E-state index contributed by atoms with van der Waals surface area (Å²) >= 11 is 1.55. The highest BCUT2D eigenvalue weighted by Crippen LogP contribution is 2.31. The molecule has 7 heteroatoms. The Hall–Kier alpha value is -1.93. The van der Waals surface area contributed by atoms with Gasteiger partial charge < -0.3 is 19.7 Å². The first-order valence-corrected chi connectivity index (χ1v) is 11.4. The van der Waals surface area contributed by atoms with E-state index in [4.69, 9.17) is 9.47 Å². The molecule has 0 aliphatic carbocycles. The van der Waals surface area contributed by atoms with Gasteiger partial charge in [-0.15, -0.1) is 11.3 Å². The average Bonchev–Trinajstić information content (AvgIpc) is 3.45. The van der Waals surface area contributed by atoms with Gasteiger partial charge in [0.05, 0.1) is 22.0 Å². The molecule has 2 heterocycles. The van der Waals surface area contributed by atoms with Gasteiger partial charge in [-0.1, -0.05) is 37.3 Å². The van der Waals surface area contributed by atoms with Crippen LogP contribution in [0.2, 0.25) is 0 Å². The van der Waals surface area contributed by atoms with E-state index in [1.807, 2.05) is 12.1 Å². The predicted octanol–water partition coefficient (Wildman–Crippen LogP) is 3.76. The Bertz CT molecular complexity index is 783. The molecule has 2 atom stereocenters. The smallest absolute Gasteiger partial charge is 0.261 e. The fourth-order valence-electron chi connectivity index (χ4n) is 3.77. The number of methoxy groups -OCH3 is 1. The Kier molecular flexibility index (Phi) is 8.69. The molecule has 1 N–H and O–H groups in total. The van der Waals surface area contributed by atoms with E-state index < -0.39 is 0 Å². The van der Waals surface area contributed by atoms with Gasteiger partial charge >= 0.3 is 0 Å². The third-order valence-electron chi connectivity index (χ3n) is 5.40. The summed E-state index contributed by atoms with van der Waals surface area (Å²) in [5, 5.41) is 4.06. The number of likely N-dealkylation sites (tertiary alicyclic amines) is 1. The number of hydrogen-bond donors (Lipinski definition) is 1. The molecule has 1 aromatic heterocycles. The molecule has 1 aliphatic heterocycles. The number of rotatable bonds is 11. The van der Waals surface area contributed by atoms with Crippen molar-refractivity contribution in [2.45, 2.75) is 31.9 Å². The van der Waals surface area contributed by atoms with Crippen molar-refractivity contribution < 1.29 is 14.3 Å². The summed E-state index contributed by atoms with van der Waals surface area (Å²) in [6.45, 7) is 5.84. The highest BCUT2D eigenvalue weighted by atomic mass is 32.1. The quantitative estimate of drug-likeness (QED) is 0.549. The van der Waals surface area contributed by atoms with Crippen LogP contribution in [0.5, 0.6) is 0 Å². The number of carbonyl (C=O) groups is 1. The van der Waals surface area contributed by atoms with Crippen molar-refractivity contribution in [3.63, 3.8) is 0 Å². The minimum absolute atomic E-state index is 0.0128.